The molecule has 16 heteroatoms. The molecule has 0 aromatic rings. The second kappa shape index (κ2) is 32.2. The van der Waals surface area contributed by atoms with Crippen molar-refractivity contribution in [1.82, 2.24) is 10.6 Å². The highest BCUT2D eigenvalue weighted by molar-refractivity contribution is 6.71. The van der Waals surface area contributed by atoms with Crippen LogP contribution >= 0.6 is 0 Å². The summed E-state index contributed by atoms with van der Waals surface area (Å²) in [6.07, 6.45) is 0.841. The minimum absolute atomic E-state index is 0. The number of hydrogen-bond acceptors (Lipinski definition) is 12. The summed E-state index contributed by atoms with van der Waals surface area (Å²) in [6, 6.07) is 2.12. The van der Waals surface area contributed by atoms with Crippen molar-refractivity contribution < 1.29 is 56.7 Å². The maximum absolute atomic E-state index is 11.5. The first-order valence-electron chi connectivity index (χ1n) is 16.7. The summed E-state index contributed by atoms with van der Waals surface area (Å²) < 4.78 is 37.0. The van der Waals surface area contributed by atoms with Crippen LogP contribution in [-0.2, 0) is 47.1 Å². The molecule has 0 radical (unpaired) electrons. The van der Waals surface area contributed by atoms with Crippen molar-refractivity contribution in [1.29, 1.82) is 0 Å². The third kappa shape index (κ3) is 33.8. The number of allylic oxidation sites excluding steroid dienone is 1. The van der Waals surface area contributed by atoms with Gasteiger partial charge in [0.25, 0.3) is 0 Å². The number of rotatable bonds is 27. The number of alkyl carbamates (subject to hydrolysis) is 2. The fourth-order valence-electron chi connectivity index (χ4n) is 3.40. The van der Waals surface area contributed by atoms with Crippen molar-refractivity contribution >= 4 is 36.2 Å². The lowest BCUT2D eigenvalue weighted by Gasteiger charge is -2.38. The van der Waals surface area contributed by atoms with Crippen molar-refractivity contribution in [3.8, 4) is 0 Å². The van der Waals surface area contributed by atoms with Crippen LogP contribution in [0.4, 0.5) is 9.59 Å². The number of carbonyl (C=O) groups excluding carboxylic acids is 3. The number of nitrogens with one attached hydrogen (secondary N) is 2. The molecule has 0 aliphatic carbocycles. The molecule has 294 valence electrons. The minimum atomic E-state index is -1.74. The van der Waals surface area contributed by atoms with E-state index in [4.69, 9.17) is 42.3 Å². The summed E-state index contributed by atoms with van der Waals surface area (Å²) >= 11 is 0. The molecule has 0 spiro atoms. The molecule has 0 heterocycles. The van der Waals surface area contributed by atoms with Gasteiger partial charge in [-0.3, -0.25) is 0 Å². The summed E-state index contributed by atoms with van der Waals surface area (Å²) in [5.41, 5.74) is 2.72. The maximum atomic E-state index is 11.5. The quantitative estimate of drug-likeness (QED) is 0.0126. The van der Waals surface area contributed by atoms with Crippen LogP contribution in [0.5, 0.6) is 0 Å². The molecule has 0 bridgehead atoms. The van der Waals surface area contributed by atoms with E-state index in [1.807, 2.05) is 0 Å². The lowest BCUT2D eigenvalue weighted by atomic mass is 9.95. The fraction of sp³-hybridized carbons (Fsp3) is 0.765. The Labute approximate surface area is 304 Å². The first kappa shape index (κ1) is 51.7. The van der Waals surface area contributed by atoms with Gasteiger partial charge < -0.3 is 48.1 Å². The van der Waals surface area contributed by atoms with Crippen molar-refractivity contribution in [2.24, 2.45) is 5.92 Å². The zero-order chi connectivity index (χ0) is 37.6. The highest BCUT2D eigenvalue weighted by atomic mass is 28.4. The van der Waals surface area contributed by atoms with Crippen LogP contribution in [-0.4, -0.2) is 115 Å². The topological polar surface area (TPSA) is 158 Å². The average Bonchev–Trinajstić information content (AvgIpc) is 3.03. The molecule has 0 fully saturated rings. The molecular formula is C34H68N2O12Si2. The Bertz CT molecular complexity index is 974. The van der Waals surface area contributed by atoms with Crippen molar-refractivity contribution in [2.45, 2.75) is 92.6 Å². The monoisotopic (exact) mass is 752 g/mol. The van der Waals surface area contributed by atoms with Gasteiger partial charge in [0.05, 0.1) is 25.4 Å². The number of hydrogen-bond donors (Lipinski definition) is 2. The molecule has 50 heavy (non-hydrogen) atoms. The molecule has 0 unspecified atom stereocenters. The Morgan fingerprint density at radius 2 is 1.38 bits per heavy atom. The molecule has 0 aliphatic rings. The zero-order valence-electron chi connectivity index (χ0n) is 31.5. The van der Waals surface area contributed by atoms with E-state index in [1.54, 1.807) is 21.0 Å². The van der Waals surface area contributed by atoms with Gasteiger partial charge in [0.2, 0.25) is 0 Å². The molecule has 2 N–H and O–H groups in total. The lowest BCUT2D eigenvalue weighted by Crippen LogP contribution is -2.43. The van der Waals surface area contributed by atoms with Crippen LogP contribution in [0.3, 0.4) is 0 Å². The number of amides is 2. The molecular weight excluding hydrogens is 685 g/mol. The Hall–Kier alpha value is -2.70. The summed E-state index contributed by atoms with van der Waals surface area (Å²) in [4.78, 5) is 43.4. The first-order chi connectivity index (χ1) is 23.1. The van der Waals surface area contributed by atoms with Gasteiger partial charge in [-0.05, 0) is 64.7 Å². The Kier molecular flexibility index (Phi) is 33.3. The predicted octanol–water partition coefficient (Wildman–Crippen LogP) is 5.44. The number of ether oxygens (including phenoxy) is 5. The normalized spacial score (nSPS) is 11.1. The van der Waals surface area contributed by atoms with Gasteiger partial charge in [0, 0.05) is 39.4 Å². The lowest BCUT2D eigenvalue weighted by molar-refractivity contribution is -0.259. The van der Waals surface area contributed by atoms with Gasteiger partial charge in [-0.15, -0.1) is 0 Å². The van der Waals surface area contributed by atoms with Crippen molar-refractivity contribution in [2.75, 3.05) is 73.1 Å². The van der Waals surface area contributed by atoms with Gasteiger partial charge >= 0.3 is 18.2 Å². The van der Waals surface area contributed by atoms with Crippen LogP contribution in [0, 0.1) is 5.92 Å². The van der Waals surface area contributed by atoms with E-state index in [1.165, 1.54) is 0 Å². The van der Waals surface area contributed by atoms with Crippen molar-refractivity contribution in [3.05, 3.63) is 30.2 Å². The maximum Gasteiger partial charge on any atom is 0.407 e. The number of esters is 1. The van der Waals surface area contributed by atoms with Gasteiger partial charge in [0.1, 0.15) is 26.4 Å². The standard InChI is InChI=1S/C20H39NO6Si.C13H25NO6Si.CH4/c1-16(2)18(22)25-12-10-21-19(23)26-14-13-24-11-9-15-28(7,8)27-20(5,6)17(3)4;1-4-12(2)20-19-8-6-14-13(15)18-10-9-17-7-5-11-21-16-3;/h17H,1,9-15H2,2-8H3,(H,21,23);1,5-11,21H2,2-3H3,(H,14,15);1H4. The summed E-state index contributed by atoms with van der Waals surface area (Å²) in [5.74, 6) is 0.424. The molecule has 0 saturated carbocycles. The number of carbonyl (C=O) groups is 3. The molecule has 0 rings (SSSR count). The zero-order valence-corrected chi connectivity index (χ0v) is 33.9. The van der Waals surface area contributed by atoms with Crippen LogP contribution in [0.2, 0.25) is 25.2 Å². The highest BCUT2D eigenvalue weighted by Gasteiger charge is 2.32. The summed E-state index contributed by atoms with van der Waals surface area (Å²) in [5, 5.41) is 5.01. The molecule has 2 amide bonds. The molecule has 0 saturated heterocycles. The second-order valence-corrected chi connectivity index (χ2v) is 18.2. The fourth-order valence-corrected chi connectivity index (χ4v) is 6.85. The van der Waals surface area contributed by atoms with Crippen LogP contribution in [0.1, 0.15) is 61.8 Å². The van der Waals surface area contributed by atoms with E-state index in [2.05, 4.69) is 70.3 Å². The smallest absolute Gasteiger partial charge is 0.407 e. The largest absolute Gasteiger partial charge is 0.460 e. The van der Waals surface area contributed by atoms with Gasteiger partial charge in [-0.2, -0.15) is 4.89 Å². The van der Waals surface area contributed by atoms with Crippen LogP contribution in [0.15, 0.2) is 30.2 Å². The van der Waals surface area contributed by atoms with E-state index in [-0.39, 0.29) is 62.3 Å². The van der Waals surface area contributed by atoms with E-state index >= 15 is 0 Å². The predicted molar refractivity (Wildman–Crippen MR) is 200 cm³/mol. The van der Waals surface area contributed by atoms with Gasteiger partial charge in [-0.25, -0.2) is 14.4 Å². The van der Waals surface area contributed by atoms with E-state index in [0.717, 1.165) is 24.9 Å². The molecule has 0 atom stereocenters. The van der Waals surface area contributed by atoms with Crippen molar-refractivity contribution in [3.63, 3.8) is 0 Å². The third-order valence-corrected chi connectivity index (χ3v) is 10.5. The van der Waals surface area contributed by atoms with Crippen LogP contribution in [0.25, 0.3) is 0 Å². The summed E-state index contributed by atoms with van der Waals surface area (Å²) in [7, 11) is -0.366. The summed E-state index contributed by atoms with van der Waals surface area (Å²) in [6.45, 7) is 26.4. The third-order valence-electron chi connectivity index (χ3n) is 6.65. The second-order valence-electron chi connectivity index (χ2n) is 12.3. The highest BCUT2D eigenvalue weighted by Crippen LogP contribution is 2.27. The van der Waals surface area contributed by atoms with E-state index in [9.17, 15) is 14.4 Å². The van der Waals surface area contributed by atoms with Gasteiger partial charge in [0.15, 0.2) is 23.8 Å². The Morgan fingerprint density at radius 3 is 1.88 bits per heavy atom. The molecule has 0 aromatic heterocycles. The van der Waals surface area contributed by atoms with Crippen LogP contribution < -0.4 is 10.6 Å². The van der Waals surface area contributed by atoms with E-state index in [0.29, 0.717) is 43.7 Å². The molecule has 0 aliphatic heterocycles. The first-order valence-corrected chi connectivity index (χ1v) is 21.4. The molecule has 14 nitrogen and oxygen atoms in total. The van der Waals surface area contributed by atoms with E-state index < -0.39 is 26.5 Å². The average molecular weight is 753 g/mol. The molecule has 0 aromatic carbocycles. The Morgan fingerprint density at radius 1 is 0.840 bits per heavy atom. The Balaban J connectivity index is -0.000000901. The minimum Gasteiger partial charge on any atom is -0.460 e. The van der Waals surface area contributed by atoms with Gasteiger partial charge in [-0.1, -0.05) is 40.2 Å². The SMILES string of the molecule is C.C=C(C)C(=O)OCCNC(=O)OCCOCCC[Si](C)(C)OC(C)(C)C(C)C.C=C=C(C)OOCCNC(=O)OCCOCCC[SiH2]OC.